The highest BCUT2D eigenvalue weighted by Gasteiger charge is 2.48. The molecule has 0 spiro atoms. The summed E-state index contributed by atoms with van der Waals surface area (Å²) in [6.07, 6.45) is 5.61. The van der Waals surface area contributed by atoms with Crippen LogP contribution >= 0.6 is 23.4 Å². The van der Waals surface area contributed by atoms with Gasteiger partial charge in [0.2, 0.25) is 0 Å². The van der Waals surface area contributed by atoms with E-state index in [0.29, 0.717) is 69.2 Å². The third-order valence-corrected chi connectivity index (χ3v) is 20.1. The Hall–Kier alpha value is -5.56. The summed E-state index contributed by atoms with van der Waals surface area (Å²) in [6.45, 7) is 14.6. The number of pyridine rings is 1. The van der Waals surface area contributed by atoms with Crippen LogP contribution in [-0.2, 0) is 31.1 Å². The van der Waals surface area contributed by atoms with Crippen molar-refractivity contribution >= 4 is 72.0 Å². The molecule has 4 aliphatic rings. The van der Waals surface area contributed by atoms with E-state index in [1.165, 1.54) is 46.8 Å². The third-order valence-electron chi connectivity index (χ3n) is 15.8. The molecule has 1 unspecified atom stereocenters. The van der Waals surface area contributed by atoms with Crippen LogP contribution in [0.5, 0.6) is 0 Å². The first-order valence-corrected chi connectivity index (χ1v) is 32.0. The molecule has 1 aliphatic carbocycles. The number of amides is 1. The molecule has 16 nitrogen and oxygen atoms in total. The molecule has 4 heterocycles. The number of hydrogen-bond acceptors (Lipinski definition) is 15. The van der Waals surface area contributed by atoms with Crippen molar-refractivity contribution in [2.45, 2.75) is 71.8 Å². The summed E-state index contributed by atoms with van der Waals surface area (Å²) in [5, 5.41) is 13.0. The van der Waals surface area contributed by atoms with Crippen LogP contribution in [0.2, 0.25) is 5.02 Å². The summed E-state index contributed by atoms with van der Waals surface area (Å²) in [5.41, 5.74) is -0.308. The Balaban J connectivity index is 0.819. The molecule has 3 N–H and O–H groups in total. The average molecular weight is 1210 g/mol. The molecule has 23 heteroatoms. The van der Waals surface area contributed by atoms with Crippen molar-refractivity contribution in [1.82, 2.24) is 29.3 Å². The highest BCUT2D eigenvalue weighted by molar-refractivity contribution is 7.99. The Morgan fingerprint density at radius 2 is 1.48 bits per heavy atom. The van der Waals surface area contributed by atoms with Crippen LogP contribution in [0.3, 0.4) is 0 Å². The van der Waals surface area contributed by atoms with E-state index in [-0.39, 0.29) is 16.5 Å². The number of sulfone groups is 1. The van der Waals surface area contributed by atoms with Gasteiger partial charge in [0.1, 0.15) is 4.90 Å². The van der Waals surface area contributed by atoms with Gasteiger partial charge in [0, 0.05) is 137 Å². The maximum absolute atomic E-state index is 14.3. The molecule has 3 saturated heterocycles. The summed E-state index contributed by atoms with van der Waals surface area (Å²) in [4.78, 5) is 39.8. The van der Waals surface area contributed by atoms with Gasteiger partial charge < -0.3 is 29.9 Å². The van der Waals surface area contributed by atoms with Gasteiger partial charge in [-0.2, -0.15) is 13.2 Å². The van der Waals surface area contributed by atoms with Crippen LogP contribution in [0.1, 0.15) is 71.0 Å². The molecule has 440 valence electrons. The van der Waals surface area contributed by atoms with Crippen molar-refractivity contribution in [2.24, 2.45) is 5.41 Å². The molecule has 0 saturated carbocycles. The quantitative estimate of drug-likeness (QED) is 0.0591. The van der Waals surface area contributed by atoms with Gasteiger partial charge in [-0.25, -0.2) is 26.4 Å². The van der Waals surface area contributed by atoms with Crippen molar-refractivity contribution in [3.05, 3.63) is 148 Å². The smallest absolute Gasteiger partial charge is 0.478 e. The summed E-state index contributed by atoms with van der Waals surface area (Å²) >= 11 is 7.79. The van der Waals surface area contributed by atoms with E-state index in [2.05, 4.69) is 53.9 Å². The van der Waals surface area contributed by atoms with Crippen LogP contribution in [0.25, 0.3) is 5.57 Å². The molecule has 9 rings (SSSR count). The number of rotatable bonds is 21. The molecular formula is C59H70ClF3N8O8S3. The Kier molecular flexibility index (Phi) is 20.1. The Morgan fingerprint density at radius 3 is 2.16 bits per heavy atom. The number of aromatic nitrogens is 1. The number of carbonyl (C=O) groups is 2. The number of allylic oxidation sites excluding steroid dienone is 1. The van der Waals surface area contributed by atoms with Gasteiger partial charge in [0.15, 0.2) is 0 Å². The van der Waals surface area contributed by atoms with E-state index in [1.807, 2.05) is 47.2 Å². The van der Waals surface area contributed by atoms with Crippen molar-refractivity contribution in [3.8, 4) is 0 Å². The average Bonchev–Trinajstić information content (AvgIpc) is 3.91. The number of carboxylic acid groups (broad SMARTS) is 1. The number of halogens is 4. The predicted octanol–water partition coefficient (Wildman–Crippen LogP) is 9.11. The Labute approximate surface area is 488 Å². The minimum atomic E-state index is -6.09. The minimum absolute atomic E-state index is 0.0203. The summed E-state index contributed by atoms with van der Waals surface area (Å²) < 4.78 is 104. The monoisotopic (exact) mass is 1210 g/mol. The van der Waals surface area contributed by atoms with Crippen LogP contribution in [0, 0.1) is 5.41 Å². The van der Waals surface area contributed by atoms with Crippen molar-refractivity contribution in [2.75, 3.05) is 114 Å². The number of aromatic carboxylic acids is 1. The number of alkyl halides is 3. The van der Waals surface area contributed by atoms with Gasteiger partial charge in [0.05, 0.1) is 28.4 Å². The van der Waals surface area contributed by atoms with Crippen LogP contribution in [0.15, 0.2) is 136 Å². The zero-order chi connectivity index (χ0) is 58.1. The first-order chi connectivity index (χ1) is 39.2. The Morgan fingerprint density at radius 1 is 0.793 bits per heavy atom. The zero-order valence-electron chi connectivity index (χ0n) is 45.8. The van der Waals surface area contributed by atoms with E-state index >= 15 is 0 Å². The number of anilines is 2. The number of carboxylic acids is 1. The number of piperazine rings is 2. The normalized spacial score (nSPS) is 19.8. The van der Waals surface area contributed by atoms with Gasteiger partial charge in [-0.15, -0.1) is 11.8 Å². The molecule has 1 aromatic heterocycles. The van der Waals surface area contributed by atoms with Gasteiger partial charge in [-0.05, 0) is 128 Å². The predicted molar refractivity (Wildman–Crippen MR) is 314 cm³/mol. The molecule has 0 bridgehead atoms. The van der Waals surface area contributed by atoms with Crippen molar-refractivity contribution in [1.29, 1.82) is 0 Å². The maximum atomic E-state index is 14.3. The molecule has 5 aromatic rings. The van der Waals surface area contributed by atoms with Crippen LogP contribution < -0.4 is 14.9 Å². The fraction of sp³-hybridized carbons (Fsp3) is 0.441. The van der Waals surface area contributed by atoms with E-state index in [1.54, 1.807) is 24.3 Å². The second-order valence-electron chi connectivity index (χ2n) is 21.9. The summed E-state index contributed by atoms with van der Waals surface area (Å²) in [6, 6.07) is 29.2. The lowest BCUT2D eigenvalue weighted by Crippen LogP contribution is -2.50. The molecule has 1 amide bonds. The molecule has 3 aliphatic heterocycles. The standard InChI is InChI=1S/C59H70ClF3N8O8S3/c1-58(42-70-27-25-69(26-28-70)40-48-15-10-45(38-64-48)57(73)74)22-20-53(43-8-13-47(60)14-9-43)46(37-58)39-68-29-31-71(32-30-68)50-16-11-44(12-17-50)56(72)66-82(77,78)52-18-19-54(55(36-52)81(75,76)59(61,62)63)65-49(41-80-51-6-3-2-4-7-51)21-24-67-23-5-34-79-35-33-67/h2-4,6-19,36,38,49,65H,5,20-35,37,39-42H2,1H3,(H,66,72)(H,73,74)/t49?,58-/m1/s1. The lowest BCUT2D eigenvalue weighted by Gasteiger charge is -2.44. The second-order valence-corrected chi connectivity index (χ2v) is 27.0. The molecule has 82 heavy (non-hydrogen) atoms. The summed E-state index contributed by atoms with van der Waals surface area (Å²) in [5.74, 6) is -1.67. The van der Waals surface area contributed by atoms with E-state index in [0.717, 1.165) is 113 Å². The summed E-state index contributed by atoms with van der Waals surface area (Å²) in [7, 11) is -11.0. The first-order valence-electron chi connectivity index (χ1n) is 27.6. The molecule has 0 radical (unpaired) electrons. The maximum Gasteiger partial charge on any atom is 0.501 e. The van der Waals surface area contributed by atoms with Crippen LogP contribution in [-0.4, -0.2) is 174 Å². The number of carbonyl (C=O) groups excluding carboxylic acids is 1. The van der Waals surface area contributed by atoms with Gasteiger partial charge >= 0.3 is 11.5 Å². The Bertz CT molecular complexity index is 3250. The lowest BCUT2D eigenvalue weighted by atomic mass is 9.71. The number of thioether (sulfide) groups is 1. The minimum Gasteiger partial charge on any atom is -0.478 e. The van der Waals surface area contributed by atoms with E-state index in [9.17, 15) is 44.7 Å². The molecule has 4 aromatic carbocycles. The van der Waals surface area contributed by atoms with E-state index in [4.69, 9.17) is 16.3 Å². The van der Waals surface area contributed by atoms with Crippen molar-refractivity contribution < 1.29 is 49.4 Å². The molecule has 3 fully saturated rings. The number of nitrogens with one attached hydrogen (secondary N) is 2. The van der Waals surface area contributed by atoms with Gasteiger partial charge in [-0.1, -0.05) is 54.4 Å². The second kappa shape index (κ2) is 27.0. The molecular weight excluding hydrogens is 1140 g/mol. The topological polar surface area (TPSA) is 185 Å². The lowest BCUT2D eigenvalue weighted by molar-refractivity contribution is -0.0436. The third kappa shape index (κ3) is 16.0. The van der Waals surface area contributed by atoms with Crippen LogP contribution in [0.4, 0.5) is 24.5 Å². The number of hydrogen-bond donors (Lipinski definition) is 3. The SMILES string of the molecule is C[C@@]1(CN2CCN(Cc3ccc(C(=O)O)cn3)CC2)CCC(c2ccc(Cl)cc2)=C(CN2CCN(c3ccc(C(=O)NS(=O)(=O)c4ccc(NC(CCN5CCCOCC5)CSc5ccccc5)c(S(=O)(=O)C(F)(F)F)c4)cc3)CC2)C1. The van der Waals surface area contributed by atoms with Gasteiger partial charge in [0.25, 0.3) is 25.8 Å². The number of sulfonamides is 1. The number of ether oxygens (including phenoxy) is 1. The highest BCUT2D eigenvalue weighted by Crippen LogP contribution is 2.44. The van der Waals surface area contributed by atoms with Gasteiger partial charge in [-0.3, -0.25) is 19.6 Å². The first kappa shape index (κ1) is 61.0. The fourth-order valence-electron chi connectivity index (χ4n) is 11.2. The van der Waals surface area contributed by atoms with Crippen molar-refractivity contribution in [3.63, 3.8) is 0 Å². The highest BCUT2D eigenvalue weighted by atomic mass is 35.5. The zero-order valence-corrected chi connectivity index (χ0v) is 49.0. The molecule has 2 atom stereocenters. The van der Waals surface area contributed by atoms with E-state index < -0.39 is 58.8 Å². The fourth-order valence-corrected chi connectivity index (χ4v) is 14.4. The number of benzene rings is 4. The number of nitrogens with zero attached hydrogens (tertiary/aromatic N) is 6. The largest absolute Gasteiger partial charge is 0.501 e.